The number of amides is 1. The summed E-state index contributed by atoms with van der Waals surface area (Å²) in [5.41, 5.74) is 3.11. The fourth-order valence-electron chi connectivity index (χ4n) is 4.95. The van der Waals surface area contributed by atoms with Crippen molar-refractivity contribution in [2.45, 2.75) is 77.2 Å². The summed E-state index contributed by atoms with van der Waals surface area (Å²) in [6.45, 7) is 3.89. The number of rotatable bonds is 12. The molecule has 2 heterocycles. The first-order valence-corrected chi connectivity index (χ1v) is 12.6. The zero-order valence-corrected chi connectivity index (χ0v) is 20.1. The summed E-state index contributed by atoms with van der Waals surface area (Å²) in [7, 11) is 1.65. The molecule has 33 heavy (non-hydrogen) atoms. The van der Waals surface area contributed by atoms with Crippen LogP contribution in [0.2, 0.25) is 0 Å². The molecule has 1 amide bonds. The lowest BCUT2D eigenvalue weighted by atomic mass is 10.1. The van der Waals surface area contributed by atoms with E-state index in [2.05, 4.69) is 29.7 Å². The van der Waals surface area contributed by atoms with E-state index in [0.29, 0.717) is 13.0 Å². The Bertz CT molecular complexity index is 1060. The third-order valence-corrected chi connectivity index (χ3v) is 6.77. The number of hydrogen-bond donors (Lipinski definition) is 0. The molecule has 1 aliphatic heterocycles. The predicted molar refractivity (Wildman–Crippen MR) is 135 cm³/mol. The van der Waals surface area contributed by atoms with E-state index in [1.165, 1.54) is 50.5 Å². The number of hydrogen-bond acceptors (Lipinski definition) is 3. The summed E-state index contributed by atoms with van der Waals surface area (Å²) in [5, 5.41) is 0. The molecule has 0 spiro atoms. The van der Waals surface area contributed by atoms with Crippen molar-refractivity contribution in [2.75, 3.05) is 18.6 Å². The number of benzene rings is 2. The van der Waals surface area contributed by atoms with Gasteiger partial charge in [0.05, 0.1) is 18.1 Å². The Labute approximate surface area is 197 Å². The Balaban J connectivity index is 1.45. The number of ether oxygens (including phenoxy) is 1. The number of unbranched alkanes of at least 4 members (excludes halogenated alkanes) is 7. The SMILES string of the molecule is CCCCCCCCCCn1c([C@H]2CC(=O)N(c3cccc(OC)c3)C2)nc2ccccc21. The average Bonchev–Trinajstić information content (AvgIpc) is 3.41. The van der Waals surface area contributed by atoms with Crippen LogP contribution in [-0.2, 0) is 11.3 Å². The van der Waals surface area contributed by atoms with Gasteiger partial charge in [-0.05, 0) is 30.7 Å². The van der Waals surface area contributed by atoms with Gasteiger partial charge in [-0.1, -0.05) is 70.1 Å². The molecular weight excluding hydrogens is 410 g/mol. The summed E-state index contributed by atoms with van der Waals surface area (Å²) < 4.78 is 7.73. The lowest BCUT2D eigenvalue weighted by molar-refractivity contribution is -0.117. The molecule has 0 N–H and O–H groups in total. The van der Waals surface area contributed by atoms with Gasteiger partial charge in [0, 0.05) is 37.2 Å². The second kappa shape index (κ2) is 11.4. The van der Waals surface area contributed by atoms with E-state index in [1.54, 1.807) is 7.11 Å². The predicted octanol–water partition coefficient (Wildman–Crippen LogP) is 6.71. The van der Waals surface area contributed by atoms with E-state index >= 15 is 0 Å². The second-order valence-electron chi connectivity index (χ2n) is 9.19. The number of methoxy groups -OCH3 is 1. The molecule has 1 aromatic heterocycles. The van der Waals surface area contributed by atoms with Gasteiger partial charge in [0.1, 0.15) is 11.6 Å². The van der Waals surface area contributed by atoms with Crippen molar-refractivity contribution in [3.8, 4) is 5.75 Å². The lowest BCUT2D eigenvalue weighted by Gasteiger charge is -2.18. The van der Waals surface area contributed by atoms with Crippen molar-refractivity contribution >= 4 is 22.6 Å². The van der Waals surface area contributed by atoms with Crippen LogP contribution in [0, 0.1) is 0 Å². The van der Waals surface area contributed by atoms with Crippen LogP contribution in [0.1, 0.15) is 76.5 Å². The van der Waals surface area contributed by atoms with Crippen molar-refractivity contribution in [3.05, 3.63) is 54.4 Å². The highest BCUT2D eigenvalue weighted by molar-refractivity contribution is 5.96. The number of imidazole rings is 1. The van der Waals surface area contributed by atoms with E-state index in [1.807, 2.05) is 35.2 Å². The molecule has 3 aromatic rings. The summed E-state index contributed by atoms with van der Waals surface area (Å²) in [6, 6.07) is 16.1. The normalized spacial score (nSPS) is 16.1. The van der Waals surface area contributed by atoms with Gasteiger partial charge in [-0.15, -0.1) is 0 Å². The third kappa shape index (κ3) is 5.58. The van der Waals surface area contributed by atoms with Gasteiger partial charge in [-0.2, -0.15) is 0 Å². The first-order valence-electron chi connectivity index (χ1n) is 12.6. The molecule has 1 atom stereocenters. The zero-order chi connectivity index (χ0) is 23.0. The van der Waals surface area contributed by atoms with Crippen LogP contribution in [0.25, 0.3) is 11.0 Å². The molecule has 1 saturated heterocycles. The molecule has 176 valence electrons. The number of aryl methyl sites for hydroxylation is 1. The minimum Gasteiger partial charge on any atom is -0.497 e. The maximum Gasteiger partial charge on any atom is 0.227 e. The quantitative estimate of drug-likeness (QED) is 0.290. The number of carbonyl (C=O) groups is 1. The molecule has 0 unspecified atom stereocenters. The van der Waals surface area contributed by atoms with Crippen molar-refractivity contribution in [2.24, 2.45) is 0 Å². The molecule has 2 aromatic carbocycles. The molecule has 5 heteroatoms. The molecular formula is C28H37N3O2. The Morgan fingerprint density at radius 1 is 0.970 bits per heavy atom. The number of fused-ring (bicyclic) bond motifs is 1. The highest BCUT2D eigenvalue weighted by Crippen LogP contribution is 2.34. The lowest BCUT2D eigenvalue weighted by Crippen LogP contribution is -2.24. The summed E-state index contributed by atoms with van der Waals surface area (Å²) in [6.07, 6.45) is 10.9. The van der Waals surface area contributed by atoms with Gasteiger partial charge >= 0.3 is 0 Å². The third-order valence-electron chi connectivity index (χ3n) is 6.77. The van der Waals surface area contributed by atoms with Crippen molar-refractivity contribution in [3.63, 3.8) is 0 Å². The van der Waals surface area contributed by atoms with Crippen molar-refractivity contribution in [1.82, 2.24) is 9.55 Å². The van der Waals surface area contributed by atoms with E-state index in [0.717, 1.165) is 35.7 Å². The summed E-state index contributed by atoms with van der Waals surface area (Å²) in [4.78, 5) is 19.8. The number of para-hydroxylation sites is 2. The molecule has 5 nitrogen and oxygen atoms in total. The topological polar surface area (TPSA) is 47.4 Å². The van der Waals surface area contributed by atoms with Gasteiger partial charge in [0.2, 0.25) is 5.91 Å². The Hall–Kier alpha value is -2.82. The fourth-order valence-corrected chi connectivity index (χ4v) is 4.95. The van der Waals surface area contributed by atoms with E-state index in [-0.39, 0.29) is 11.8 Å². The molecule has 0 saturated carbocycles. The molecule has 0 bridgehead atoms. The first-order chi connectivity index (χ1) is 16.2. The van der Waals surface area contributed by atoms with E-state index < -0.39 is 0 Å². The van der Waals surface area contributed by atoms with Crippen LogP contribution in [0.3, 0.4) is 0 Å². The van der Waals surface area contributed by atoms with Crippen LogP contribution in [0.5, 0.6) is 5.75 Å². The number of nitrogens with zero attached hydrogens (tertiary/aromatic N) is 3. The zero-order valence-electron chi connectivity index (χ0n) is 20.1. The van der Waals surface area contributed by atoms with E-state index in [4.69, 9.17) is 9.72 Å². The minimum absolute atomic E-state index is 0.102. The molecule has 0 radical (unpaired) electrons. The first kappa shape index (κ1) is 23.3. The number of carbonyl (C=O) groups excluding carboxylic acids is 1. The monoisotopic (exact) mass is 447 g/mol. The van der Waals surface area contributed by atoms with Gasteiger partial charge in [0.15, 0.2) is 0 Å². The maximum absolute atomic E-state index is 12.9. The largest absolute Gasteiger partial charge is 0.497 e. The van der Waals surface area contributed by atoms with Gasteiger partial charge in [-0.3, -0.25) is 4.79 Å². The van der Waals surface area contributed by atoms with Crippen LogP contribution in [0.15, 0.2) is 48.5 Å². The highest BCUT2D eigenvalue weighted by atomic mass is 16.5. The number of aromatic nitrogens is 2. The van der Waals surface area contributed by atoms with Crippen molar-refractivity contribution in [1.29, 1.82) is 0 Å². The number of anilines is 1. The standard InChI is InChI=1S/C28H37N3O2/c1-3-4-5-6-7-8-9-12-18-30-26-17-11-10-16-25(26)29-28(30)22-19-27(32)31(21-22)23-14-13-15-24(20-23)33-2/h10-11,13-17,20,22H,3-9,12,18-19,21H2,1-2H3/t22-/m0/s1. The van der Waals surface area contributed by atoms with Crippen LogP contribution >= 0.6 is 0 Å². The Morgan fingerprint density at radius 2 is 1.73 bits per heavy atom. The van der Waals surface area contributed by atoms with Gasteiger partial charge < -0.3 is 14.2 Å². The van der Waals surface area contributed by atoms with Crippen LogP contribution in [0.4, 0.5) is 5.69 Å². The van der Waals surface area contributed by atoms with Gasteiger partial charge in [0.25, 0.3) is 0 Å². The van der Waals surface area contributed by atoms with Crippen LogP contribution in [-0.4, -0.2) is 29.1 Å². The van der Waals surface area contributed by atoms with E-state index in [9.17, 15) is 4.79 Å². The Kier molecular flexibility index (Phi) is 8.03. The molecule has 1 aliphatic rings. The van der Waals surface area contributed by atoms with Crippen molar-refractivity contribution < 1.29 is 9.53 Å². The van der Waals surface area contributed by atoms with Gasteiger partial charge in [-0.25, -0.2) is 4.98 Å². The Morgan fingerprint density at radius 3 is 2.52 bits per heavy atom. The fraction of sp³-hybridized carbons (Fsp3) is 0.500. The summed E-state index contributed by atoms with van der Waals surface area (Å²) >= 11 is 0. The maximum atomic E-state index is 12.9. The highest BCUT2D eigenvalue weighted by Gasteiger charge is 2.34. The second-order valence-corrected chi connectivity index (χ2v) is 9.19. The minimum atomic E-state index is 0.102. The molecule has 4 rings (SSSR count). The average molecular weight is 448 g/mol. The summed E-state index contributed by atoms with van der Waals surface area (Å²) in [5.74, 6) is 2.08. The smallest absolute Gasteiger partial charge is 0.227 e. The molecule has 1 fully saturated rings. The van der Waals surface area contributed by atoms with Crippen LogP contribution < -0.4 is 9.64 Å². The molecule has 0 aliphatic carbocycles.